The van der Waals surface area contributed by atoms with Crippen LogP contribution >= 0.6 is 0 Å². The summed E-state index contributed by atoms with van der Waals surface area (Å²) in [4.78, 5) is 4.65. The number of fused-ring (bicyclic) bond motifs is 1. The predicted octanol–water partition coefficient (Wildman–Crippen LogP) is 3.98. The van der Waals surface area contributed by atoms with Crippen LogP contribution in [0.15, 0.2) is 42.5 Å². The Morgan fingerprint density at radius 2 is 1.88 bits per heavy atom. The minimum atomic E-state index is -0.872. The first-order valence-electron chi connectivity index (χ1n) is 8.21. The molecule has 0 saturated heterocycles. The second kappa shape index (κ2) is 6.29. The van der Waals surface area contributed by atoms with Crippen molar-refractivity contribution in [2.24, 2.45) is 0 Å². The Morgan fingerprint density at radius 1 is 1.08 bits per heavy atom. The van der Waals surface area contributed by atoms with Gasteiger partial charge in [-0.05, 0) is 37.3 Å². The van der Waals surface area contributed by atoms with Crippen LogP contribution in [0.1, 0.15) is 11.4 Å². The summed E-state index contributed by atoms with van der Waals surface area (Å²) in [6.45, 7) is 4.28. The molecular formula is C19H18F2N4. The normalized spacial score (nSPS) is 13.6. The van der Waals surface area contributed by atoms with E-state index in [1.54, 1.807) is 6.07 Å². The maximum atomic E-state index is 13.7. The summed E-state index contributed by atoms with van der Waals surface area (Å²) in [5.41, 5.74) is 3.27. The smallest absolute Gasteiger partial charge is 0.159 e. The third-order valence-electron chi connectivity index (χ3n) is 4.35. The Hall–Kier alpha value is -2.73. The lowest BCUT2D eigenvalue weighted by Crippen LogP contribution is -2.28. The zero-order valence-corrected chi connectivity index (χ0v) is 13.8. The molecule has 128 valence electrons. The van der Waals surface area contributed by atoms with Crippen LogP contribution in [-0.4, -0.2) is 16.1 Å². The number of nitrogens with one attached hydrogen (secondary N) is 2. The van der Waals surface area contributed by atoms with E-state index in [0.717, 1.165) is 36.5 Å². The highest BCUT2D eigenvalue weighted by Gasteiger charge is 2.21. The van der Waals surface area contributed by atoms with Crippen molar-refractivity contribution in [3.05, 3.63) is 65.5 Å². The van der Waals surface area contributed by atoms with Gasteiger partial charge in [-0.2, -0.15) is 0 Å². The quantitative estimate of drug-likeness (QED) is 0.758. The summed E-state index contributed by atoms with van der Waals surface area (Å²) in [5, 5.41) is 6.68. The Morgan fingerprint density at radius 3 is 2.64 bits per heavy atom. The van der Waals surface area contributed by atoms with Crippen LogP contribution in [0.2, 0.25) is 0 Å². The van der Waals surface area contributed by atoms with Crippen LogP contribution in [-0.2, 0) is 13.1 Å². The number of rotatable bonds is 3. The van der Waals surface area contributed by atoms with E-state index in [4.69, 9.17) is 0 Å². The van der Waals surface area contributed by atoms with Crippen molar-refractivity contribution in [3.63, 3.8) is 0 Å². The van der Waals surface area contributed by atoms with E-state index >= 15 is 0 Å². The van der Waals surface area contributed by atoms with Gasteiger partial charge < -0.3 is 15.2 Å². The lowest BCUT2D eigenvalue weighted by molar-refractivity contribution is 0.509. The molecule has 0 fully saturated rings. The van der Waals surface area contributed by atoms with Crippen molar-refractivity contribution < 1.29 is 8.78 Å². The van der Waals surface area contributed by atoms with Gasteiger partial charge in [-0.3, -0.25) is 0 Å². The van der Waals surface area contributed by atoms with Gasteiger partial charge in [0.25, 0.3) is 0 Å². The second-order valence-corrected chi connectivity index (χ2v) is 6.17. The number of benzene rings is 2. The third kappa shape index (κ3) is 3.00. The van der Waals surface area contributed by atoms with Crippen molar-refractivity contribution in [3.8, 4) is 11.3 Å². The topological polar surface area (TPSA) is 41.9 Å². The van der Waals surface area contributed by atoms with Crippen LogP contribution in [0.25, 0.3) is 11.3 Å². The lowest BCUT2D eigenvalue weighted by atomic mass is 10.1. The number of hydrogen-bond donors (Lipinski definition) is 2. The molecule has 0 aliphatic carbocycles. The molecule has 0 atom stereocenters. The minimum Gasteiger partial charge on any atom is -0.340 e. The van der Waals surface area contributed by atoms with Crippen LogP contribution in [0.4, 0.5) is 20.3 Å². The molecule has 2 N–H and O–H groups in total. The number of aromatic nitrogens is 2. The molecule has 0 unspecified atom stereocenters. The van der Waals surface area contributed by atoms with E-state index in [2.05, 4.69) is 20.2 Å². The molecule has 4 rings (SSSR count). The summed E-state index contributed by atoms with van der Waals surface area (Å²) >= 11 is 0. The second-order valence-electron chi connectivity index (χ2n) is 6.17. The van der Waals surface area contributed by atoms with Gasteiger partial charge in [-0.15, -0.1) is 0 Å². The largest absolute Gasteiger partial charge is 0.340 e. The highest BCUT2D eigenvalue weighted by molar-refractivity contribution is 5.76. The fourth-order valence-corrected chi connectivity index (χ4v) is 3.01. The van der Waals surface area contributed by atoms with Gasteiger partial charge in [-0.25, -0.2) is 13.8 Å². The molecule has 0 spiro atoms. The molecule has 1 aliphatic rings. The fraction of sp³-hybridized carbons (Fsp3) is 0.211. The zero-order valence-electron chi connectivity index (χ0n) is 13.8. The van der Waals surface area contributed by atoms with Crippen molar-refractivity contribution in [2.75, 3.05) is 11.9 Å². The molecule has 4 nitrogen and oxygen atoms in total. The molecule has 3 aromatic rings. The number of imidazole rings is 1. The van der Waals surface area contributed by atoms with Crippen molar-refractivity contribution in [2.45, 2.75) is 20.0 Å². The SMILES string of the molecule is Cc1ccc(Nc2c(-c3ccc(F)c(F)c3)nc3n2CCNC3)cc1. The van der Waals surface area contributed by atoms with Crippen molar-refractivity contribution in [1.29, 1.82) is 0 Å². The van der Waals surface area contributed by atoms with E-state index in [1.165, 1.54) is 11.6 Å². The highest BCUT2D eigenvalue weighted by atomic mass is 19.2. The fourth-order valence-electron chi connectivity index (χ4n) is 3.01. The first-order valence-corrected chi connectivity index (χ1v) is 8.21. The minimum absolute atomic E-state index is 0.551. The van der Waals surface area contributed by atoms with Crippen molar-refractivity contribution in [1.82, 2.24) is 14.9 Å². The Balaban J connectivity index is 1.81. The van der Waals surface area contributed by atoms with Gasteiger partial charge in [0.2, 0.25) is 0 Å². The molecule has 0 bridgehead atoms. The maximum absolute atomic E-state index is 13.7. The van der Waals surface area contributed by atoms with E-state index in [9.17, 15) is 8.78 Å². The zero-order chi connectivity index (χ0) is 17.4. The average Bonchev–Trinajstić information content (AvgIpc) is 2.98. The number of aryl methyl sites for hydroxylation is 1. The molecule has 1 aromatic heterocycles. The summed E-state index contributed by atoms with van der Waals surface area (Å²) in [6.07, 6.45) is 0. The van der Waals surface area contributed by atoms with Crippen LogP contribution in [0.3, 0.4) is 0 Å². The highest BCUT2D eigenvalue weighted by Crippen LogP contribution is 2.32. The van der Waals surface area contributed by atoms with Crippen LogP contribution in [0.5, 0.6) is 0 Å². The lowest BCUT2D eigenvalue weighted by Gasteiger charge is -2.18. The Labute approximate surface area is 144 Å². The van der Waals surface area contributed by atoms with E-state index in [0.29, 0.717) is 17.8 Å². The first-order chi connectivity index (χ1) is 12.1. The third-order valence-corrected chi connectivity index (χ3v) is 4.35. The van der Waals surface area contributed by atoms with Gasteiger partial charge in [0, 0.05) is 24.3 Å². The molecule has 0 radical (unpaired) electrons. The molecule has 25 heavy (non-hydrogen) atoms. The Bertz CT molecular complexity index is 916. The number of hydrogen-bond acceptors (Lipinski definition) is 3. The van der Waals surface area contributed by atoms with Gasteiger partial charge in [-0.1, -0.05) is 17.7 Å². The molecule has 1 aliphatic heterocycles. The first kappa shape index (κ1) is 15.8. The van der Waals surface area contributed by atoms with Gasteiger partial charge in [0.05, 0.1) is 6.54 Å². The molecule has 6 heteroatoms. The van der Waals surface area contributed by atoms with Gasteiger partial charge in [0.1, 0.15) is 17.3 Å². The maximum Gasteiger partial charge on any atom is 0.159 e. The number of halogens is 2. The molecule has 2 heterocycles. The molecule has 0 saturated carbocycles. The number of anilines is 2. The molecule has 0 amide bonds. The van der Waals surface area contributed by atoms with Crippen LogP contribution < -0.4 is 10.6 Å². The summed E-state index contributed by atoms with van der Waals surface area (Å²) in [7, 11) is 0. The Kier molecular flexibility index (Phi) is 3.97. The van der Waals surface area contributed by atoms with Gasteiger partial charge in [0.15, 0.2) is 11.6 Å². The van der Waals surface area contributed by atoms with Crippen molar-refractivity contribution >= 4 is 11.5 Å². The molecular weight excluding hydrogens is 322 g/mol. The standard InChI is InChI=1S/C19H18F2N4/c1-12-2-5-14(6-3-12)23-19-18(13-4-7-15(20)16(21)10-13)24-17-11-22-8-9-25(17)19/h2-7,10,22-23H,8-9,11H2,1H3. The molecule has 2 aromatic carbocycles. The summed E-state index contributed by atoms with van der Waals surface area (Å²) in [6, 6.07) is 11.9. The van der Waals surface area contributed by atoms with E-state index in [-0.39, 0.29) is 0 Å². The number of nitrogens with zero attached hydrogens (tertiary/aromatic N) is 2. The van der Waals surface area contributed by atoms with E-state index in [1.807, 2.05) is 31.2 Å². The predicted molar refractivity (Wildman–Crippen MR) is 93.7 cm³/mol. The monoisotopic (exact) mass is 340 g/mol. The van der Waals surface area contributed by atoms with E-state index < -0.39 is 11.6 Å². The summed E-state index contributed by atoms with van der Waals surface area (Å²) < 4.78 is 29.1. The van der Waals surface area contributed by atoms with Gasteiger partial charge >= 0.3 is 0 Å². The summed E-state index contributed by atoms with van der Waals surface area (Å²) in [5.74, 6) is -0.0581. The van der Waals surface area contributed by atoms with Crippen LogP contribution in [0, 0.1) is 18.6 Å². The average molecular weight is 340 g/mol.